The van der Waals surface area contributed by atoms with Crippen LogP contribution in [0, 0.1) is 0 Å². The van der Waals surface area contributed by atoms with E-state index >= 15 is 0 Å². The summed E-state index contributed by atoms with van der Waals surface area (Å²) in [5.74, 6) is -1.29. The van der Waals surface area contributed by atoms with Crippen molar-refractivity contribution < 1.29 is 14.7 Å². The maximum atomic E-state index is 12.3. The Bertz CT molecular complexity index is 742. The first-order valence-electron chi connectivity index (χ1n) is 6.47. The SMILES string of the molecule is O=C(O)c1cc(Br)cc(NC(=O)C2Cc3ccccc32)c1. The maximum absolute atomic E-state index is 12.3. The fourth-order valence-electron chi connectivity index (χ4n) is 2.51. The summed E-state index contributed by atoms with van der Waals surface area (Å²) < 4.78 is 0.617. The van der Waals surface area contributed by atoms with Gasteiger partial charge in [0.15, 0.2) is 0 Å². The van der Waals surface area contributed by atoms with E-state index < -0.39 is 5.97 Å². The molecule has 1 aliphatic carbocycles. The van der Waals surface area contributed by atoms with Crippen LogP contribution in [0.4, 0.5) is 5.69 Å². The molecule has 0 bridgehead atoms. The van der Waals surface area contributed by atoms with Crippen molar-refractivity contribution in [3.05, 3.63) is 63.6 Å². The summed E-state index contributed by atoms with van der Waals surface area (Å²) in [5, 5.41) is 11.8. The van der Waals surface area contributed by atoms with Gasteiger partial charge in [0.2, 0.25) is 5.91 Å². The van der Waals surface area contributed by atoms with Crippen LogP contribution in [0.3, 0.4) is 0 Å². The Kier molecular flexibility index (Phi) is 3.51. The lowest BCUT2D eigenvalue weighted by molar-refractivity contribution is -0.118. The number of fused-ring (bicyclic) bond motifs is 1. The number of hydrogen-bond acceptors (Lipinski definition) is 2. The molecule has 2 aromatic carbocycles. The van der Waals surface area contributed by atoms with Gasteiger partial charge in [0.25, 0.3) is 0 Å². The molecule has 1 amide bonds. The molecule has 2 N–H and O–H groups in total. The van der Waals surface area contributed by atoms with Gasteiger partial charge < -0.3 is 10.4 Å². The van der Waals surface area contributed by atoms with Gasteiger partial charge in [0.1, 0.15) is 0 Å². The van der Waals surface area contributed by atoms with Crippen molar-refractivity contribution in [3.8, 4) is 0 Å². The van der Waals surface area contributed by atoms with Crippen molar-refractivity contribution >= 4 is 33.5 Å². The van der Waals surface area contributed by atoms with Gasteiger partial charge in [-0.15, -0.1) is 0 Å². The molecule has 0 fully saturated rings. The van der Waals surface area contributed by atoms with Crippen molar-refractivity contribution in [1.29, 1.82) is 0 Å². The smallest absolute Gasteiger partial charge is 0.335 e. The number of amides is 1. The van der Waals surface area contributed by atoms with Crippen molar-refractivity contribution in [2.24, 2.45) is 0 Å². The van der Waals surface area contributed by atoms with Gasteiger partial charge in [-0.05, 0) is 35.7 Å². The summed E-state index contributed by atoms with van der Waals surface area (Å²) in [6.07, 6.45) is 0.724. The van der Waals surface area contributed by atoms with Crippen molar-refractivity contribution in [2.45, 2.75) is 12.3 Å². The number of halogens is 1. The third-order valence-electron chi connectivity index (χ3n) is 3.58. The summed E-state index contributed by atoms with van der Waals surface area (Å²) in [4.78, 5) is 23.3. The number of carboxylic acid groups (broad SMARTS) is 1. The van der Waals surface area contributed by atoms with E-state index in [1.807, 2.05) is 24.3 Å². The highest BCUT2D eigenvalue weighted by Gasteiger charge is 2.31. The molecule has 5 heteroatoms. The number of aromatic carboxylic acids is 1. The minimum atomic E-state index is -1.03. The largest absolute Gasteiger partial charge is 0.478 e. The minimum Gasteiger partial charge on any atom is -0.478 e. The van der Waals surface area contributed by atoms with E-state index in [4.69, 9.17) is 5.11 Å². The number of anilines is 1. The molecule has 0 radical (unpaired) electrons. The lowest BCUT2D eigenvalue weighted by Gasteiger charge is -2.28. The number of carbonyl (C=O) groups excluding carboxylic acids is 1. The van der Waals surface area contributed by atoms with Gasteiger partial charge in [-0.25, -0.2) is 4.79 Å². The molecule has 21 heavy (non-hydrogen) atoms. The number of rotatable bonds is 3. The Labute approximate surface area is 129 Å². The third kappa shape index (κ3) is 2.69. The molecule has 106 valence electrons. The Morgan fingerprint density at radius 2 is 1.95 bits per heavy atom. The van der Waals surface area contributed by atoms with Crippen LogP contribution < -0.4 is 5.32 Å². The first-order valence-corrected chi connectivity index (χ1v) is 7.26. The summed E-state index contributed by atoms with van der Waals surface area (Å²) in [6, 6.07) is 12.5. The quantitative estimate of drug-likeness (QED) is 0.895. The molecule has 0 saturated heterocycles. The van der Waals surface area contributed by atoms with Crippen molar-refractivity contribution in [2.75, 3.05) is 5.32 Å². The molecule has 1 aliphatic rings. The van der Waals surface area contributed by atoms with E-state index in [2.05, 4.69) is 21.2 Å². The summed E-state index contributed by atoms with van der Waals surface area (Å²) in [7, 11) is 0. The summed E-state index contributed by atoms with van der Waals surface area (Å²) in [5.41, 5.74) is 2.85. The Balaban J connectivity index is 1.79. The molecular formula is C16H12BrNO3. The normalized spacial score (nSPS) is 15.8. The Morgan fingerprint density at radius 3 is 2.67 bits per heavy atom. The molecule has 0 heterocycles. The number of hydrogen-bond donors (Lipinski definition) is 2. The Morgan fingerprint density at radius 1 is 1.19 bits per heavy atom. The first kappa shape index (κ1) is 13.8. The van der Waals surface area contributed by atoms with Gasteiger partial charge >= 0.3 is 5.97 Å². The molecule has 0 aromatic heterocycles. The fourth-order valence-corrected chi connectivity index (χ4v) is 3.00. The third-order valence-corrected chi connectivity index (χ3v) is 4.04. The topological polar surface area (TPSA) is 66.4 Å². The van der Waals surface area contributed by atoms with Crippen LogP contribution in [0.5, 0.6) is 0 Å². The van der Waals surface area contributed by atoms with E-state index in [0.717, 1.165) is 12.0 Å². The molecule has 1 unspecified atom stereocenters. The number of carboxylic acids is 1. The molecule has 0 spiro atoms. The van der Waals surface area contributed by atoms with Gasteiger partial charge in [0, 0.05) is 10.2 Å². The van der Waals surface area contributed by atoms with Crippen LogP contribution >= 0.6 is 15.9 Å². The first-order chi connectivity index (χ1) is 10.0. The molecule has 0 saturated carbocycles. The zero-order chi connectivity index (χ0) is 15.0. The molecule has 1 atom stereocenters. The highest BCUT2D eigenvalue weighted by atomic mass is 79.9. The number of nitrogens with one attached hydrogen (secondary N) is 1. The highest BCUT2D eigenvalue weighted by Crippen LogP contribution is 2.35. The summed E-state index contributed by atoms with van der Waals surface area (Å²) >= 11 is 3.25. The number of benzene rings is 2. The standard InChI is InChI=1S/C16H12BrNO3/c17-11-5-10(16(20)21)6-12(8-11)18-15(19)14-7-9-3-1-2-4-13(9)14/h1-6,8,14H,7H2,(H,18,19)(H,20,21). The second kappa shape index (κ2) is 5.33. The molecule has 4 nitrogen and oxygen atoms in total. The van der Waals surface area contributed by atoms with Crippen LogP contribution in [0.1, 0.15) is 27.4 Å². The van der Waals surface area contributed by atoms with Gasteiger partial charge in [-0.3, -0.25) is 4.79 Å². The average molecular weight is 346 g/mol. The highest BCUT2D eigenvalue weighted by molar-refractivity contribution is 9.10. The van der Waals surface area contributed by atoms with Gasteiger partial charge in [-0.1, -0.05) is 40.2 Å². The molecule has 0 aliphatic heterocycles. The molecular weight excluding hydrogens is 334 g/mol. The van der Waals surface area contributed by atoms with Gasteiger partial charge in [-0.2, -0.15) is 0 Å². The lowest BCUT2D eigenvalue weighted by atomic mass is 9.77. The van der Waals surface area contributed by atoms with Gasteiger partial charge in [0.05, 0.1) is 11.5 Å². The monoisotopic (exact) mass is 345 g/mol. The van der Waals surface area contributed by atoms with E-state index in [1.165, 1.54) is 17.7 Å². The van der Waals surface area contributed by atoms with Crippen LogP contribution in [0.15, 0.2) is 46.9 Å². The second-order valence-electron chi connectivity index (χ2n) is 4.98. The van der Waals surface area contributed by atoms with E-state index in [9.17, 15) is 9.59 Å². The zero-order valence-corrected chi connectivity index (χ0v) is 12.6. The van der Waals surface area contributed by atoms with E-state index in [0.29, 0.717) is 10.2 Å². The lowest BCUT2D eigenvalue weighted by Crippen LogP contribution is -2.30. The van der Waals surface area contributed by atoms with E-state index in [-0.39, 0.29) is 17.4 Å². The van der Waals surface area contributed by atoms with Crippen LogP contribution in [0.25, 0.3) is 0 Å². The van der Waals surface area contributed by atoms with Crippen LogP contribution in [-0.2, 0) is 11.2 Å². The fraction of sp³-hybridized carbons (Fsp3) is 0.125. The zero-order valence-electron chi connectivity index (χ0n) is 11.0. The molecule has 2 aromatic rings. The molecule has 3 rings (SSSR count). The Hall–Kier alpha value is -2.14. The predicted octanol–water partition coefficient (Wildman–Crippen LogP) is 3.43. The van der Waals surface area contributed by atoms with Crippen molar-refractivity contribution in [1.82, 2.24) is 0 Å². The summed E-state index contributed by atoms with van der Waals surface area (Å²) in [6.45, 7) is 0. The average Bonchev–Trinajstić information content (AvgIpc) is 2.39. The van der Waals surface area contributed by atoms with Crippen LogP contribution in [-0.4, -0.2) is 17.0 Å². The van der Waals surface area contributed by atoms with Crippen molar-refractivity contribution in [3.63, 3.8) is 0 Å². The van der Waals surface area contributed by atoms with Crippen LogP contribution in [0.2, 0.25) is 0 Å². The maximum Gasteiger partial charge on any atom is 0.335 e. The number of carbonyl (C=O) groups is 2. The minimum absolute atomic E-state index is 0.108. The predicted molar refractivity (Wildman–Crippen MR) is 82.6 cm³/mol. The van der Waals surface area contributed by atoms with E-state index in [1.54, 1.807) is 6.07 Å². The second-order valence-corrected chi connectivity index (χ2v) is 5.89.